The molecule has 0 saturated carbocycles. The Bertz CT molecular complexity index is 266. The molecule has 0 saturated heterocycles. The van der Waals surface area contributed by atoms with Crippen LogP contribution in [0.15, 0.2) is 24.0 Å². The largest absolute Gasteiger partial charge is 0.501 e. The standard InChI is InChI=1S/C12H18O3/c1-3-14-9-10-7-5-6-8-11(10)12(13)15-4-2/h6,8-9,11H,3-5,7H2,1-2H3/b10-9-. The first kappa shape index (κ1) is 11.8. The highest BCUT2D eigenvalue weighted by molar-refractivity contribution is 5.78. The molecule has 0 bridgehead atoms. The molecule has 1 atom stereocenters. The van der Waals surface area contributed by atoms with Crippen molar-refractivity contribution in [2.45, 2.75) is 26.7 Å². The molecule has 0 aromatic carbocycles. The first-order chi connectivity index (χ1) is 7.29. The van der Waals surface area contributed by atoms with Gasteiger partial charge in [-0.05, 0) is 32.3 Å². The first-order valence-corrected chi connectivity index (χ1v) is 5.43. The van der Waals surface area contributed by atoms with E-state index >= 15 is 0 Å². The molecule has 0 amide bonds. The number of carbonyl (C=O) groups is 1. The van der Waals surface area contributed by atoms with Crippen LogP contribution in [0, 0.1) is 5.92 Å². The summed E-state index contributed by atoms with van der Waals surface area (Å²) in [6, 6.07) is 0. The molecule has 1 aliphatic rings. The minimum absolute atomic E-state index is 0.181. The third-order valence-corrected chi connectivity index (χ3v) is 2.27. The van der Waals surface area contributed by atoms with E-state index in [2.05, 4.69) is 0 Å². The second kappa shape index (κ2) is 6.27. The van der Waals surface area contributed by atoms with Crippen LogP contribution >= 0.6 is 0 Å². The fourth-order valence-electron chi connectivity index (χ4n) is 1.55. The number of hydrogen-bond donors (Lipinski definition) is 0. The Kier molecular flexibility index (Phi) is 4.95. The predicted molar refractivity (Wildman–Crippen MR) is 58.2 cm³/mol. The molecule has 0 aromatic heterocycles. The molecule has 0 aromatic rings. The van der Waals surface area contributed by atoms with Gasteiger partial charge in [-0.3, -0.25) is 4.79 Å². The Balaban J connectivity index is 2.68. The van der Waals surface area contributed by atoms with Crippen LogP contribution < -0.4 is 0 Å². The van der Waals surface area contributed by atoms with E-state index in [1.807, 2.05) is 26.0 Å². The molecule has 0 N–H and O–H groups in total. The summed E-state index contributed by atoms with van der Waals surface area (Å²) >= 11 is 0. The zero-order valence-electron chi connectivity index (χ0n) is 9.36. The summed E-state index contributed by atoms with van der Waals surface area (Å²) in [5.41, 5.74) is 1.01. The average Bonchev–Trinajstić information content (AvgIpc) is 2.27. The Morgan fingerprint density at radius 1 is 1.53 bits per heavy atom. The molecule has 0 fully saturated rings. The van der Waals surface area contributed by atoms with Crippen LogP contribution in [0.25, 0.3) is 0 Å². The van der Waals surface area contributed by atoms with Gasteiger partial charge in [0.15, 0.2) is 0 Å². The Labute approximate surface area is 90.8 Å². The van der Waals surface area contributed by atoms with Crippen molar-refractivity contribution in [1.29, 1.82) is 0 Å². The zero-order valence-corrected chi connectivity index (χ0v) is 9.36. The van der Waals surface area contributed by atoms with Gasteiger partial charge < -0.3 is 9.47 Å². The van der Waals surface area contributed by atoms with Gasteiger partial charge in [0, 0.05) is 0 Å². The average molecular weight is 210 g/mol. The van der Waals surface area contributed by atoms with Crippen molar-refractivity contribution in [3.63, 3.8) is 0 Å². The van der Waals surface area contributed by atoms with Gasteiger partial charge in [-0.2, -0.15) is 0 Å². The van der Waals surface area contributed by atoms with Crippen molar-refractivity contribution < 1.29 is 14.3 Å². The normalized spacial score (nSPS) is 22.8. The van der Waals surface area contributed by atoms with Crippen molar-refractivity contribution in [3.05, 3.63) is 24.0 Å². The molecule has 0 aliphatic heterocycles. The molecule has 3 heteroatoms. The smallest absolute Gasteiger partial charge is 0.317 e. The molecule has 0 radical (unpaired) electrons. The highest BCUT2D eigenvalue weighted by Gasteiger charge is 2.23. The highest BCUT2D eigenvalue weighted by Crippen LogP contribution is 2.25. The van der Waals surface area contributed by atoms with Gasteiger partial charge in [-0.15, -0.1) is 0 Å². The van der Waals surface area contributed by atoms with Crippen molar-refractivity contribution >= 4 is 5.97 Å². The zero-order chi connectivity index (χ0) is 11.1. The highest BCUT2D eigenvalue weighted by atomic mass is 16.5. The molecule has 1 rings (SSSR count). The maximum absolute atomic E-state index is 11.6. The quantitative estimate of drug-likeness (QED) is 0.406. The van der Waals surface area contributed by atoms with Crippen molar-refractivity contribution in [1.82, 2.24) is 0 Å². The molecule has 1 aliphatic carbocycles. The van der Waals surface area contributed by atoms with Crippen LogP contribution in [0.4, 0.5) is 0 Å². The summed E-state index contributed by atoms with van der Waals surface area (Å²) in [4.78, 5) is 11.6. The van der Waals surface area contributed by atoms with E-state index < -0.39 is 0 Å². The Morgan fingerprint density at radius 2 is 2.33 bits per heavy atom. The molecular weight excluding hydrogens is 192 g/mol. The van der Waals surface area contributed by atoms with Gasteiger partial charge in [0.05, 0.1) is 25.4 Å². The molecule has 1 unspecified atom stereocenters. The monoisotopic (exact) mass is 210 g/mol. The SMILES string of the molecule is CCO/C=C1/CCC=CC1C(=O)OCC. The van der Waals surface area contributed by atoms with E-state index in [0.717, 1.165) is 18.4 Å². The number of hydrogen-bond acceptors (Lipinski definition) is 3. The predicted octanol–water partition coefficient (Wildman–Crippen LogP) is 2.44. The van der Waals surface area contributed by atoms with E-state index in [1.54, 1.807) is 6.26 Å². The lowest BCUT2D eigenvalue weighted by Crippen LogP contribution is -2.20. The van der Waals surface area contributed by atoms with Crippen LogP contribution in [0.3, 0.4) is 0 Å². The lowest BCUT2D eigenvalue weighted by atomic mass is 9.91. The van der Waals surface area contributed by atoms with Gasteiger partial charge >= 0.3 is 5.97 Å². The number of esters is 1. The van der Waals surface area contributed by atoms with Gasteiger partial charge in [0.25, 0.3) is 0 Å². The fourth-order valence-corrected chi connectivity index (χ4v) is 1.55. The van der Waals surface area contributed by atoms with Crippen LogP contribution in [-0.4, -0.2) is 19.2 Å². The Morgan fingerprint density at radius 3 is 3.00 bits per heavy atom. The molecule has 3 nitrogen and oxygen atoms in total. The summed E-state index contributed by atoms with van der Waals surface area (Å²) in [6.45, 7) is 4.79. The fraction of sp³-hybridized carbons (Fsp3) is 0.583. The second-order valence-electron chi connectivity index (χ2n) is 3.34. The van der Waals surface area contributed by atoms with E-state index in [9.17, 15) is 4.79 Å². The van der Waals surface area contributed by atoms with E-state index in [1.165, 1.54) is 0 Å². The van der Waals surface area contributed by atoms with E-state index in [4.69, 9.17) is 9.47 Å². The maximum atomic E-state index is 11.6. The number of allylic oxidation sites excluding steroid dienone is 1. The van der Waals surface area contributed by atoms with Gasteiger partial charge in [-0.25, -0.2) is 0 Å². The lowest BCUT2D eigenvalue weighted by molar-refractivity contribution is -0.145. The molecule has 0 spiro atoms. The van der Waals surface area contributed by atoms with Gasteiger partial charge in [0.1, 0.15) is 0 Å². The number of carbonyl (C=O) groups excluding carboxylic acids is 1. The Hall–Kier alpha value is -1.25. The van der Waals surface area contributed by atoms with Crippen LogP contribution in [-0.2, 0) is 14.3 Å². The maximum Gasteiger partial charge on any atom is 0.317 e. The van der Waals surface area contributed by atoms with Gasteiger partial charge in [0.2, 0.25) is 0 Å². The van der Waals surface area contributed by atoms with Crippen LogP contribution in [0.1, 0.15) is 26.7 Å². The molecular formula is C12H18O3. The summed E-state index contributed by atoms with van der Waals surface area (Å²) in [6.07, 6.45) is 7.46. The van der Waals surface area contributed by atoms with Crippen molar-refractivity contribution in [3.8, 4) is 0 Å². The first-order valence-electron chi connectivity index (χ1n) is 5.43. The minimum atomic E-state index is -0.245. The summed E-state index contributed by atoms with van der Waals surface area (Å²) in [5, 5.41) is 0. The third-order valence-electron chi connectivity index (χ3n) is 2.27. The number of rotatable bonds is 4. The van der Waals surface area contributed by atoms with Gasteiger partial charge in [-0.1, -0.05) is 12.2 Å². The molecule has 0 heterocycles. The number of ether oxygens (including phenoxy) is 2. The summed E-state index contributed by atoms with van der Waals surface area (Å²) in [7, 11) is 0. The summed E-state index contributed by atoms with van der Waals surface area (Å²) < 4.78 is 10.2. The molecule has 84 valence electrons. The van der Waals surface area contributed by atoms with Crippen molar-refractivity contribution in [2.24, 2.45) is 5.92 Å². The van der Waals surface area contributed by atoms with Crippen LogP contribution in [0.5, 0.6) is 0 Å². The third kappa shape index (κ3) is 3.42. The molecule has 15 heavy (non-hydrogen) atoms. The minimum Gasteiger partial charge on any atom is -0.501 e. The van der Waals surface area contributed by atoms with Crippen LogP contribution in [0.2, 0.25) is 0 Å². The van der Waals surface area contributed by atoms with E-state index in [-0.39, 0.29) is 11.9 Å². The topological polar surface area (TPSA) is 35.5 Å². The summed E-state index contributed by atoms with van der Waals surface area (Å²) in [5.74, 6) is -0.426. The van der Waals surface area contributed by atoms with E-state index in [0.29, 0.717) is 13.2 Å². The second-order valence-corrected chi connectivity index (χ2v) is 3.34. The lowest BCUT2D eigenvalue weighted by Gasteiger charge is -2.18. The van der Waals surface area contributed by atoms with Crippen molar-refractivity contribution in [2.75, 3.05) is 13.2 Å².